The number of alkyl halides is 3. The fourth-order valence-corrected chi connectivity index (χ4v) is 4.33. The smallest absolute Gasteiger partial charge is 0.417 e. The number of nitrogens with zero attached hydrogens (tertiary/aromatic N) is 4. The molecule has 36 heavy (non-hydrogen) atoms. The highest BCUT2D eigenvalue weighted by molar-refractivity contribution is 5.69. The summed E-state index contributed by atoms with van der Waals surface area (Å²) in [6, 6.07) is 3.52. The predicted octanol–water partition coefficient (Wildman–Crippen LogP) is 3.59. The first-order valence-electron chi connectivity index (χ1n) is 11.6. The SMILES string of the molecule is CCO[C@H]1CN(C(=O)OC)C[C@H]1Nc1c(C)nc(-c2ccc(N(C)C)cc2C(F)(F)F)n(CC)c1=O. The third kappa shape index (κ3) is 5.43. The number of carbonyl (C=O) groups excluding carboxylic acids is 1. The molecule has 1 amide bonds. The second kappa shape index (κ2) is 10.8. The maximum Gasteiger partial charge on any atom is 0.417 e. The summed E-state index contributed by atoms with van der Waals surface area (Å²) in [7, 11) is 4.59. The Labute approximate surface area is 207 Å². The van der Waals surface area contributed by atoms with E-state index >= 15 is 0 Å². The fraction of sp³-hybridized carbons (Fsp3) is 0.542. The normalized spacial score (nSPS) is 17.9. The number of amides is 1. The quantitative estimate of drug-likeness (QED) is 0.608. The second-order valence-electron chi connectivity index (χ2n) is 8.69. The van der Waals surface area contributed by atoms with Crippen molar-refractivity contribution in [3.8, 4) is 11.4 Å². The van der Waals surface area contributed by atoms with E-state index in [1.54, 1.807) is 38.9 Å². The standard InChI is InChI=1S/C24H32F3N5O4/c1-7-32-21(16-10-9-15(30(4)5)11-17(16)24(25,26)27)28-14(3)20(22(32)33)29-18-12-31(23(34)35-6)13-19(18)36-8-2/h9-11,18-19,29H,7-8,12-13H2,1-6H3/t18-,19+/m1/s1. The number of methoxy groups -OCH3 is 1. The van der Waals surface area contributed by atoms with Crippen LogP contribution in [-0.4, -0.2) is 73.6 Å². The summed E-state index contributed by atoms with van der Waals surface area (Å²) in [5.74, 6) is -0.0628. The van der Waals surface area contributed by atoms with Gasteiger partial charge in [0.1, 0.15) is 11.5 Å². The van der Waals surface area contributed by atoms with Gasteiger partial charge in [0, 0.05) is 45.0 Å². The van der Waals surface area contributed by atoms with Gasteiger partial charge in [-0.3, -0.25) is 9.36 Å². The molecule has 0 radical (unpaired) electrons. The van der Waals surface area contributed by atoms with E-state index in [1.807, 2.05) is 6.92 Å². The molecule has 3 rings (SSSR count). The van der Waals surface area contributed by atoms with Crippen LogP contribution in [0, 0.1) is 6.92 Å². The van der Waals surface area contributed by atoms with E-state index in [-0.39, 0.29) is 42.4 Å². The summed E-state index contributed by atoms with van der Waals surface area (Å²) < 4.78 is 53.8. The third-order valence-corrected chi connectivity index (χ3v) is 6.14. The zero-order valence-electron chi connectivity index (χ0n) is 21.3. The molecule has 1 aromatic carbocycles. The second-order valence-corrected chi connectivity index (χ2v) is 8.69. The van der Waals surface area contributed by atoms with Gasteiger partial charge in [0.2, 0.25) is 0 Å². The molecule has 0 saturated carbocycles. The van der Waals surface area contributed by atoms with E-state index in [9.17, 15) is 22.8 Å². The molecule has 2 heterocycles. The Bertz CT molecular complexity index is 1170. The minimum atomic E-state index is -4.64. The Hall–Kier alpha value is -3.28. The first kappa shape index (κ1) is 27.3. The largest absolute Gasteiger partial charge is 0.453 e. The molecule has 1 aliphatic rings. The summed E-state index contributed by atoms with van der Waals surface area (Å²) in [5, 5.41) is 3.14. The number of likely N-dealkylation sites (tertiary alicyclic amines) is 1. The van der Waals surface area contributed by atoms with Crippen molar-refractivity contribution in [3.63, 3.8) is 0 Å². The van der Waals surface area contributed by atoms with Crippen LogP contribution in [0.5, 0.6) is 0 Å². The molecule has 0 spiro atoms. The summed E-state index contributed by atoms with van der Waals surface area (Å²) in [5.41, 5.74) is -0.770. The Kier molecular flexibility index (Phi) is 8.17. The molecule has 2 atom stereocenters. The van der Waals surface area contributed by atoms with E-state index in [0.29, 0.717) is 12.3 Å². The van der Waals surface area contributed by atoms with Crippen molar-refractivity contribution in [2.75, 3.05) is 51.1 Å². The molecule has 2 aromatic rings. The highest BCUT2D eigenvalue weighted by Gasteiger charge is 2.38. The monoisotopic (exact) mass is 511 g/mol. The van der Waals surface area contributed by atoms with Crippen molar-refractivity contribution in [1.29, 1.82) is 0 Å². The number of ether oxygens (including phenoxy) is 2. The van der Waals surface area contributed by atoms with E-state index in [0.717, 1.165) is 6.07 Å². The van der Waals surface area contributed by atoms with E-state index in [2.05, 4.69) is 10.3 Å². The lowest BCUT2D eigenvalue weighted by Gasteiger charge is -2.23. The summed E-state index contributed by atoms with van der Waals surface area (Å²) >= 11 is 0. The number of anilines is 2. The highest BCUT2D eigenvalue weighted by atomic mass is 19.4. The van der Waals surface area contributed by atoms with Crippen molar-refractivity contribution >= 4 is 17.5 Å². The van der Waals surface area contributed by atoms with Crippen LogP contribution in [-0.2, 0) is 22.2 Å². The van der Waals surface area contributed by atoms with E-state index in [1.165, 1.54) is 22.6 Å². The lowest BCUT2D eigenvalue weighted by molar-refractivity contribution is -0.137. The summed E-state index contributed by atoms with van der Waals surface area (Å²) in [6.45, 7) is 6.07. The molecular weight excluding hydrogens is 479 g/mol. The van der Waals surface area contributed by atoms with Crippen molar-refractivity contribution < 1.29 is 27.4 Å². The van der Waals surface area contributed by atoms with Crippen LogP contribution in [0.1, 0.15) is 25.1 Å². The number of rotatable bonds is 7. The Balaban J connectivity index is 2.08. The van der Waals surface area contributed by atoms with Gasteiger partial charge in [-0.15, -0.1) is 0 Å². The fourth-order valence-electron chi connectivity index (χ4n) is 4.33. The van der Waals surface area contributed by atoms with Gasteiger partial charge in [0.05, 0.1) is 37.1 Å². The summed E-state index contributed by atoms with van der Waals surface area (Å²) in [6.07, 6.45) is -5.56. The molecule has 1 N–H and O–H groups in total. The Morgan fingerprint density at radius 1 is 1.25 bits per heavy atom. The zero-order chi connectivity index (χ0) is 26.8. The lowest BCUT2D eigenvalue weighted by Crippen LogP contribution is -2.38. The molecule has 9 nitrogen and oxygen atoms in total. The van der Waals surface area contributed by atoms with E-state index in [4.69, 9.17) is 9.47 Å². The molecule has 0 aliphatic carbocycles. The van der Waals surface area contributed by atoms with Crippen molar-refractivity contribution in [1.82, 2.24) is 14.5 Å². The average molecular weight is 512 g/mol. The zero-order valence-corrected chi connectivity index (χ0v) is 21.3. The molecule has 1 aromatic heterocycles. The van der Waals surface area contributed by atoms with Crippen LogP contribution in [0.15, 0.2) is 23.0 Å². The topological polar surface area (TPSA) is 88.9 Å². The van der Waals surface area contributed by atoms with Gasteiger partial charge in [0.25, 0.3) is 5.56 Å². The number of hydrogen-bond donors (Lipinski definition) is 1. The van der Waals surface area contributed by atoms with Gasteiger partial charge in [0.15, 0.2) is 0 Å². The number of benzene rings is 1. The number of aryl methyl sites for hydroxylation is 1. The summed E-state index contributed by atoms with van der Waals surface area (Å²) in [4.78, 5) is 33.0. The minimum absolute atomic E-state index is 0.0628. The van der Waals surface area contributed by atoms with Gasteiger partial charge in [-0.25, -0.2) is 9.78 Å². The van der Waals surface area contributed by atoms with Crippen molar-refractivity contribution in [2.45, 2.75) is 45.6 Å². The number of hydrogen-bond acceptors (Lipinski definition) is 7. The van der Waals surface area contributed by atoms with Crippen LogP contribution in [0.25, 0.3) is 11.4 Å². The molecule has 198 valence electrons. The average Bonchev–Trinajstić information content (AvgIpc) is 3.22. The highest BCUT2D eigenvalue weighted by Crippen LogP contribution is 2.38. The van der Waals surface area contributed by atoms with Crippen LogP contribution in [0.4, 0.5) is 29.3 Å². The number of carbonyl (C=O) groups is 1. The predicted molar refractivity (Wildman–Crippen MR) is 130 cm³/mol. The molecule has 1 fully saturated rings. The minimum Gasteiger partial charge on any atom is -0.453 e. The maximum atomic E-state index is 14.0. The molecule has 1 aliphatic heterocycles. The van der Waals surface area contributed by atoms with Crippen LogP contribution in [0.2, 0.25) is 0 Å². The Morgan fingerprint density at radius 3 is 2.50 bits per heavy atom. The van der Waals surface area contributed by atoms with Gasteiger partial charge in [-0.2, -0.15) is 13.2 Å². The molecule has 0 unspecified atom stereocenters. The first-order valence-corrected chi connectivity index (χ1v) is 11.6. The van der Waals surface area contributed by atoms with Gasteiger partial charge in [-0.1, -0.05) is 0 Å². The molecule has 0 bridgehead atoms. The van der Waals surface area contributed by atoms with Crippen molar-refractivity contribution in [3.05, 3.63) is 39.8 Å². The Morgan fingerprint density at radius 2 is 1.94 bits per heavy atom. The molecule has 1 saturated heterocycles. The molecular formula is C24H32F3N5O4. The van der Waals surface area contributed by atoms with Crippen molar-refractivity contribution in [2.24, 2.45) is 0 Å². The number of halogens is 3. The van der Waals surface area contributed by atoms with Crippen LogP contribution in [0.3, 0.4) is 0 Å². The van der Waals surface area contributed by atoms with Gasteiger partial charge < -0.3 is 24.6 Å². The van der Waals surface area contributed by atoms with Crippen LogP contribution >= 0.6 is 0 Å². The number of aromatic nitrogens is 2. The lowest BCUT2D eigenvalue weighted by atomic mass is 10.0. The third-order valence-electron chi connectivity index (χ3n) is 6.14. The van der Waals surface area contributed by atoms with Crippen LogP contribution < -0.4 is 15.8 Å². The maximum absolute atomic E-state index is 14.0. The van der Waals surface area contributed by atoms with Gasteiger partial charge >= 0.3 is 12.3 Å². The van der Waals surface area contributed by atoms with Gasteiger partial charge in [-0.05, 0) is 39.0 Å². The van der Waals surface area contributed by atoms with E-state index < -0.39 is 35.5 Å². The molecule has 12 heteroatoms. The first-order chi connectivity index (χ1) is 16.9. The number of nitrogens with one attached hydrogen (secondary N) is 1.